The second-order valence-electron chi connectivity index (χ2n) is 6.24. The highest BCUT2D eigenvalue weighted by molar-refractivity contribution is 5.78. The zero-order valence-electron chi connectivity index (χ0n) is 13.8. The van der Waals surface area contributed by atoms with Crippen LogP contribution in [0, 0.1) is 6.92 Å². The molecule has 2 atom stereocenters. The molecule has 24 heavy (non-hydrogen) atoms. The molecule has 4 rings (SSSR count). The monoisotopic (exact) mass is 331 g/mol. The van der Waals surface area contributed by atoms with Crippen molar-refractivity contribution in [2.45, 2.75) is 25.4 Å². The van der Waals surface area contributed by atoms with Crippen molar-refractivity contribution in [2.24, 2.45) is 0 Å². The third-order valence-corrected chi connectivity index (χ3v) is 4.71. The maximum Gasteiger partial charge on any atom is 0.318 e. The number of carbonyl (C=O) groups excluding carboxylic acids is 1. The van der Waals surface area contributed by atoms with Crippen LogP contribution in [0.3, 0.4) is 0 Å². The van der Waals surface area contributed by atoms with Gasteiger partial charge < -0.3 is 19.9 Å². The average molecular weight is 331 g/mol. The van der Waals surface area contributed by atoms with Gasteiger partial charge in [0.15, 0.2) is 11.5 Å². The van der Waals surface area contributed by atoms with Gasteiger partial charge in [-0.3, -0.25) is 0 Å². The van der Waals surface area contributed by atoms with E-state index in [2.05, 4.69) is 25.4 Å². The summed E-state index contributed by atoms with van der Waals surface area (Å²) in [5, 5.41) is 11.9. The standard InChI is InChI=1S/C15H21N7O2/c1-10-16-13-3-4-14(19-22(13)18-10)20-6-5-12-11(9-20)17-15(23)21(12)7-8-24-2/h3-4,11-12H,5-9H2,1-2H3,(H,17,23)/t11-,12+/m1/s1. The molecule has 2 fully saturated rings. The number of urea groups is 1. The number of anilines is 1. The molecule has 2 aliphatic heterocycles. The van der Waals surface area contributed by atoms with Gasteiger partial charge >= 0.3 is 6.03 Å². The third-order valence-electron chi connectivity index (χ3n) is 4.71. The number of carbonyl (C=O) groups is 1. The van der Waals surface area contributed by atoms with Gasteiger partial charge in [0.1, 0.15) is 5.82 Å². The molecule has 4 heterocycles. The minimum absolute atomic E-state index is 0.000729. The average Bonchev–Trinajstić information content (AvgIpc) is 3.09. The zero-order chi connectivity index (χ0) is 16.7. The summed E-state index contributed by atoms with van der Waals surface area (Å²) < 4.78 is 6.67. The van der Waals surface area contributed by atoms with Gasteiger partial charge in [0, 0.05) is 26.7 Å². The third kappa shape index (κ3) is 2.54. The van der Waals surface area contributed by atoms with Gasteiger partial charge in [0.2, 0.25) is 0 Å². The van der Waals surface area contributed by atoms with Crippen molar-refractivity contribution in [3.8, 4) is 0 Å². The predicted molar refractivity (Wildman–Crippen MR) is 87.0 cm³/mol. The molecule has 2 aromatic rings. The van der Waals surface area contributed by atoms with Crippen LogP contribution in [0.15, 0.2) is 12.1 Å². The fourth-order valence-electron chi connectivity index (χ4n) is 3.56. The Balaban J connectivity index is 1.50. The van der Waals surface area contributed by atoms with E-state index in [1.807, 2.05) is 24.0 Å². The van der Waals surface area contributed by atoms with Crippen molar-refractivity contribution < 1.29 is 9.53 Å². The zero-order valence-corrected chi connectivity index (χ0v) is 13.8. The number of fused-ring (bicyclic) bond motifs is 2. The number of nitrogens with zero attached hydrogens (tertiary/aromatic N) is 6. The number of rotatable bonds is 4. The largest absolute Gasteiger partial charge is 0.383 e. The van der Waals surface area contributed by atoms with E-state index in [1.165, 1.54) is 0 Å². The van der Waals surface area contributed by atoms with Crippen LogP contribution in [-0.4, -0.2) is 76.2 Å². The Morgan fingerprint density at radius 3 is 3.08 bits per heavy atom. The van der Waals surface area contributed by atoms with E-state index in [0.29, 0.717) is 19.0 Å². The van der Waals surface area contributed by atoms with Gasteiger partial charge in [-0.25, -0.2) is 9.78 Å². The number of amides is 2. The van der Waals surface area contributed by atoms with Crippen LogP contribution in [-0.2, 0) is 4.74 Å². The number of nitrogens with one attached hydrogen (secondary N) is 1. The molecule has 2 aliphatic rings. The Kier molecular flexibility index (Phi) is 3.72. The molecular weight excluding hydrogens is 310 g/mol. The summed E-state index contributed by atoms with van der Waals surface area (Å²) in [5.41, 5.74) is 0.742. The number of aromatic nitrogens is 4. The summed E-state index contributed by atoms with van der Waals surface area (Å²) in [5.74, 6) is 1.56. The van der Waals surface area contributed by atoms with Crippen molar-refractivity contribution in [1.82, 2.24) is 30.0 Å². The smallest absolute Gasteiger partial charge is 0.318 e. The molecule has 9 heteroatoms. The fraction of sp³-hybridized carbons (Fsp3) is 0.600. The van der Waals surface area contributed by atoms with Gasteiger partial charge in [-0.15, -0.1) is 14.8 Å². The molecule has 0 bridgehead atoms. The first kappa shape index (κ1) is 15.1. The summed E-state index contributed by atoms with van der Waals surface area (Å²) in [6.45, 7) is 4.64. The van der Waals surface area contributed by atoms with Crippen molar-refractivity contribution >= 4 is 17.5 Å². The Labute approximate surface area is 139 Å². The number of ether oxygens (including phenoxy) is 1. The second-order valence-corrected chi connectivity index (χ2v) is 6.24. The van der Waals surface area contributed by atoms with Crippen molar-refractivity contribution in [2.75, 3.05) is 38.3 Å². The molecule has 0 radical (unpaired) electrons. The molecule has 2 saturated heterocycles. The molecular formula is C15H21N7O2. The SMILES string of the molecule is COCCN1C(=O)N[C@@H]2CN(c3ccc4nc(C)nn4n3)CC[C@@H]21. The highest BCUT2D eigenvalue weighted by Gasteiger charge is 2.42. The van der Waals surface area contributed by atoms with E-state index >= 15 is 0 Å². The van der Waals surface area contributed by atoms with Gasteiger partial charge in [-0.2, -0.15) is 0 Å². The maximum absolute atomic E-state index is 12.2. The Morgan fingerprint density at radius 2 is 2.25 bits per heavy atom. The lowest BCUT2D eigenvalue weighted by atomic mass is 10.00. The summed E-state index contributed by atoms with van der Waals surface area (Å²) in [4.78, 5) is 20.6. The Hall–Kier alpha value is -2.42. The molecule has 1 N–H and O–H groups in total. The first-order chi connectivity index (χ1) is 11.7. The molecule has 2 amide bonds. The normalized spacial score (nSPS) is 23.7. The first-order valence-electron chi connectivity index (χ1n) is 8.17. The molecule has 0 saturated carbocycles. The number of hydrogen-bond donors (Lipinski definition) is 1. The molecule has 0 spiro atoms. The molecule has 9 nitrogen and oxygen atoms in total. The lowest BCUT2D eigenvalue weighted by molar-refractivity contribution is 0.140. The maximum atomic E-state index is 12.2. The molecule has 128 valence electrons. The van der Waals surface area contributed by atoms with E-state index in [-0.39, 0.29) is 18.1 Å². The quantitative estimate of drug-likeness (QED) is 0.852. The number of piperidine rings is 1. The van der Waals surface area contributed by atoms with Crippen molar-refractivity contribution in [3.63, 3.8) is 0 Å². The summed E-state index contributed by atoms with van der Waals surface area (Å²) in [6, 6.07) is 4.22. The highest BCUT2D eigenvalue weighted by Crippen LogP contribution is 2.25. The van der Waals surface area contributed by atoms with Crippen LogP contribution >= 0.6 is 0 Å². The molecule has 0 aliphatic carbocycles. The van der Waals surface area contributed by atoms with Crippen LogP contribution in [0.4, 0.5) is 10.6 Å². The van der Waals surface area contributed by atoms with Crippen molar-refractivity contribution in [3.05, 3.63) is 18.0 Å². The molecule has 0 aromatic carbocycles. The van der Waals surface area contributed by atoms with E-state index < -0.39 is 0 Å². The van der Waals surface area contributed by atoms with Gasteiger partial charge in [-0.1, -0.05) is 0 Å². The van der Waals surface area contributed by atoms with E-state index in [4.69, 9.17) is 4.74 Å². The van der Waals surface area contributed by atoms with Gasteiger partial charge in [0.05, 0.1) is 18.7 Å². The number of aryl methyl sites for hydroxylation is 1. The van der Waals surface area contributed by atoms with Crippen molar-refractivity contribution in [1.29, 1.82) is 0 Å². The van der Waals surface area contributed by atoms with E-state index in [1.54, 1.807) is 11.7 Å². The fourth-order valence-corrected chi connectivity index (χ4v) is 3.56. The number of hydrogen-bond acceptors (Lipinski definition) is 6. The van der Waals surface area contributed by atoms with E-state index in [0.717, 1.165) is 31.0 Å². The van der Waals surface area contributed by atoms with Crippen LogP contribution in [0.1, 0.15) is 12.2 Å². The van der Waals surface area contributed by atoms with Gasteiger partial charge in [-0.05, 0) is 25.5 Å². The van der Waals surface area contributed by atoms with Crippen LogP contribution in [0.2, 0.25) is 0 Å². The summed E-state index contributed by atoms with van der Waals surface area (Å²) >= 11 is 0. The minimum atomic E-state index is -0.000729. The molecule has 0 unspecified atom stereocenters. The lowest BCUT2D eigenvalue weighted by Gasteiger charge is -2.37. The van der Waals surface area contributed by atoms with E-state index in [9.17, 15) is 4.79 Å². The van der Waals surface area contributed by atoms with Crippen LogP contribution in [0.5, 0.6) is 0 Å². The Bertz CT molecular complexity index is 761. The van der Waals surface area contributed by atoms with Crippen LogP contribution in [0.25, 0.3) is 5.65 Å². The second kappa shape index (κ2) is 5.90. The first-order valence-corrected chi connectivity index (χ1v) is 8.17. The highest BCUT2D eigenvalue weighted by atomic mass is 16.5. The Morgan fingerprint density at radius 1 is 1.38 bits per heavy atom. The predicted octanol–water partition coefficient (Wildman–Crippen LogP) is 0.0516. The topological polar surface area (TPSA) is 87.9 Å². The van der Waals surface area contributed by atoms with Gasteiger partial charge in [0.25, 0.3) is 0 Å². The minimum Gasteiger partial charge on any atom is -0.383 e. The lowest BCUT2D eigenvalue weighted by Crippen LogP contribution is -2.52. The number of methoxy groups -OCH3 is 1. The molecule has 2 aromatic heterocycles. The summed E-state index contributed by atoms with van der Waals surface area (Å²) in [6.07, 6.45) is 0.906. The van der Waals surface area contributed by atoms with Crippen LogP contribution < -0.4 is 10.2 Å². The summed E-state index contributed by atoms with van der Waals surface area (Å²) in [7, 11) is 1.65.